The fourth-order valence-electron chi connectivity index (χ4n) is 2.06. The lowest BCUT2D eigenvalue weighted by Gasteiger charge is -2.23. The number of methoxy groups -OCH3 is 2. The van der Waals surface area contributed by atoms with Crippen LogP contribution in [0.1, 0.15) is 38.3 Å². The summed E-state index contributed by atoms with van der Waals surface area (Å²) in [4.78, 5) is 0. The van der Waals surface area contributed by atoms with Crippen molar-refractivity contribution in [3.8, 4) is 11.5 Å². The molecule has 0 heterocycles. The molecule has 1 atom stereocenters. The quantitative estimate of drug-likeness (QED) is 0.796. The van der Waals surface area contributed by atoms with Gasteiger partial charge in [-0.15, -0.1) is 0 Å². The van der Waals surface area contributed by atoms with Gasteiger partial charge in [0.05, 0.1) is 14.2 Å². The first-order chi connectivity index (χ1) is 8.91. The Morgan fingerprint density at radius 1 is 1.21 bits per heavy atom. The van der Waals surface area contributed by atoms with E-state index < -0.39 is 0 Å². The van der Waals surface area contributed by atoms with Crippen LogP contribution in [0.5, 0.6) is 11.5 Å². The molecule has 0 aliphatic rings. The molecule has 0 amide bonds. The Hall–Kier alpha value is -1.26. The van der Waals surface area contributed by atoms with Crippen LogP contribution in [0.3, 0.4) is 0 Å². The molecular weight excluding hydrogens is 240 g/mol. The SMILES string of the molecule is CNC(CCC(C)(C)N)c1ccc(OC)c(OC)c1. The summed E-state index contributed by atoms with van der Waals surface area (Å²) in [5, 5.41) is 3.33. The second kappa shape index (κ2) is 6.78. The van der Waals surface area contributed by atoms with Crippen LogP contribution in [0.4, 0.5) is 0 Å². The van der Waals surface area contributed by atoms with Crippen molar-refractivity contribution >= 4 is 0 Å². The topological polar surface area (TPSA) is 56.5 Å². The molecule has 0 aromatic heterocycles. The van der Waals surface area contributed by atoms with E-state index in [9.17, 15) is 0 Å². The molecule has 1 unspecified atom stereocenters. The molecule has 4 heteroatoms. The number of hydrogen-bond donors (Lipinski definition) is 2. The summed E-state index contributed by atoms with van der Waals surface area (Å²) in [5.74, 6) is 1.51. The Labute approximate surface area is 116 Å². The second-order valence-electron chi connectivity index (χ2n) is 5.48. The van der Waals surface area contributed by atoms with Crippen molar-refractivity contribution in [2.45, 2.75) is 38.3 Å². The Kier molecular flexibility index (Phi) is 5.63. The van der Waals surface area contributed by atoms with Crippen LogP contribution >= 0.6 is 0 Å². The summed E-state index contributed by atoms with van der Waals surface area (Å²) in [6, 6.07) is 6.28. The van der Waals surface area contributed by atoms with E-state index in [1.165, 1.54) is 5.56 Å². The minimum atomic E-state index is -0.147. The van der Waals surface area contributed by atoms with Gasteiger partial charge < -0.3 is 20.5 Å². The molecule has 0 saturated carbocycles. The van der Waals surface area contributed by atoms with Crippen LogP contribution in [0.2, 0.25) is 0 Å². The summed E-state index contributed by atoms with van der Waals surface area (Å²) in [7, 11) is 5.26. The molecule has 1 aromatic rings. The van der Waals surface area contributed by atoms with E-state index in [0.29, 0.717) is 0 Å². The minimum Gasteiger partial charge on any atom is -0.493 e. The Bertz CT molecular complexity index is 400. The van der Waals surface area contributed by atoms with Crippen LogP contribution in [-0.4, -0.2) is 26.8 Å². The van der Waals surface area contributed by atoms with Crippen LogP contribution in [-0.2, 0) is 0 Å². The van der Waals surface area contributed by atoms with Crippen molar-refractivity contribution in [1.29, 1.82) is 0 Å². The highest BCUT2D eigenvalue weighted by atomic mass is 16.5. The van der Waals surface area contributed by atoms with Crippen molar-refractivity contribution in [2.75, 3.05) is 21.3 Å². The maximum absolute atomic E-state index is 6.05. The summed E-state index contributed by atoms with van der Waals surface area (Å²) in [6.07, 6.45) is 1.93. The summed E-state index contributed by atoms with van der Waals surface area (Å²) in [5.41, 5.74) is 7.08. The van der Waals surface area contributed by atoms with Gasteiger partial charge in [-0.25, -0.2) is 0 Å². The largest absolute Gasteiger partial charge is 0.493 e. The number of nitrogens with one attached hydrogen (secondary N) is 1. The van der Waals surface area contributed by atoms with Gasteiger partial charge in [-0.1, -0.05) is 6.07 Å². The van der Waals surface area contributed by atoms with Crippen molar-refractivity contribution in [2.24, 2.45) is 5.73 Å². The zero-order valence-corrected chi connectivity index (χ0v) is 12.6. The number of hydrogen-bond acceptors (Lipinski definition) is 4. The lowest BCUT2D eigenvalue weighted by atomic mass is 9.93. The van der Waals surface area contributed by atoms with E-state index in [1.54, 1.807) is 14.2 Å². The summed E-state index contributed by atoms with van der Waals surface area (Å²) >= 11 is 0. The number of rotatable bonds is 7. The van der Waals surface area contributed by atoms with Gasteiger partial charge in [0, 0.05) is 11.6 Å². The fourth-order valence-corrected chi connectivity index (χ4v) is 2.06. The van der Waals surface area contributed by atoms with Gasteiger partial charge in [0.25, 0.3) is 0 Å². The highest BCUT2D eigenvalue weighted by Crippen LogP contribution is 2.31. The molecule has 0 fully saturated rings. The van der Waals surface area contributed by atoms with E-state index in [0.717, 1.165) is 24.3 Å². The maximum atomic E-state index is 6.05. The van der Waals surface area contributed by atoms with Crippen LogP contribution < -0.4 is 20.5 Å². The molecule has 0 saturated heterocycles. The first-order valence-corrected chi connectivity index (χ1v) is 6.59. The van der Waals surface area contributed by atoms with Crippen molar-refractivity contribution in [3.63, 3.8) is 0 Å². The third-order valence-corrected chi connectivity index (χ3v) is 3.24. The summed E-state index contributed by atoms with van der Waals surface area (Å²) in [6.45, 7) is 4.10. The van der Waals surface area contributed by atoms with Gasteiger partial charge in [-0.2, -0.15) is 0 Å². The molecule has 0 aliphatic heterocycles. The zero-order chi connectivity index (χ0) is 14.5. The smallest absolute Gasteiger partial charge is 0.161 e. The Morgan fingerprint density at radius 2 is 1.84 bits per heavy atom. The van der Waals surface area contributed by atoms with E-state index in [2.05, 4.69) is 11.4 Å². The van der Waals surface area contributed by atoms with E-state index in [1.807, 2.05) is 33.0 Å². The molecule has 1 rings (SSSR count). The summed E-state index contributed by atoms with van der Waals surface area (Å²) < 4.78 is 10.6. The maximum Gasteiger partial charge on any atom is 0.161 e. The third-order valence-electron chi connectivity index (χ3n) is 3.24. The van der Waals surface area contributed by atoms with Gasteiger partial charge >= 0.3 is 0 Å². The van der Waals surface area contributed by atoms with Crippen molar-refractivity contribution in [1.82, 2.24) is 5.32 Å². The first-order valence-electron chi connectivity index (χ1n) is 6.59. The van der Waals surface area contributed by atoms with Gasteiger partial charge in [-0.3, -0.25) is 0 Å². The molecular formula is C15H26N2O2. The van der Waals surface area contributed by atoms with Gasteiger partial charge in [-0.05, 0) is 51.4 Å². The van der Waals surface area contributed by atoms with Gasteiger partial charge in [0.15, 0.2) is 11.5 Å². The minimum absolute atomic E-state index is 0.147. The highest BCUT2D eigenvalue weighted by molar-refractivity contribution is 5.43. The lowest BCUT2D eigenvalue weighted by Crippen LogP contribution is -2.33. The average molecular weight is 266 g/mol. The highest BCUT2D eigenvalue weighted by Gasteiger charge is 2.17. The zero-order valence-electron chi connectivity index (χ0n) is 12.6. The second-order valence-corrected chi connectivity index (χ2v) is 5.48. The fraction of sp³-hybridized carbons (Fsp3) is 0.600. The molecule has 0 spiro atoms. The molecule has 0 radical (unpaired) electrons. The molecule has 0 aliphatic carbocycles. The monoisotopic (exact) mass is 266 g/mol. The molecule has 4 nitrogen and oxygen atoms in total. The van der Waals surface area contributed by atoms with E-state index in [-0.39, 0.29) is 11.6 Å². The van der Waals surface area contributed by atoms with E-state index in [4.69, 9.17) is 15.2 Å². The molecule has 19 heavy (non-hydrogen) atoms. The van der Waals surface area contributed by atoms with E-state index >= 15 is 0 Å². The van der Waals surface area contributed by atoms with Crippen LogP contribution in [0, 0.1) is 0 Å². The van der Waals surface area contributed by atoms with Crippen LogP contribution in [0.15, 0.2) is 18.2 Å². The van der Waals surface area contributed by atoms with Gasteiger partial charge in [0.2, 0.25) is 0 Å². The first kappa shape index (κ1) is 15.8. The molecule has 3 N–H and O–H groups in total. The van der Waals surface area contributed by atoms with Gasteiger partial charge in [0.1, 0.15) is 0 Å². The van der Waals surface area contributed by atoms with Crippen molar-refractivity contribution < 1.29 is 9.47 Å². The average Bonchev–Trinajstić information content (AvgIpc) is 2.37. The molecule has 1 aromatic carbocycles. The lowest BCUT2D eigenvalue weighted by molar-refractivity contribution is 0.353. The Morgan fingerprint density at radius 3 is 2.32 bits per heavy atom. The molecule has 108 valence electrons. The molecule has 0 bridgehead atoms. The third kappa shape index (κ3) is 4.73. The standard InChI is InChI=1S/C15H26N2O2/c1-15(2,16)9-8-12(17-3)11-6-7-13(18-4)14(10-11)19-5/h6-7,10,12,17H,8-9,16H2,1-5H3. The van der Waals surface area contributed by atoms with Crippen LogP contribution in [0.25, 0.3) is 0 Å². The van der Waals surface area contributed by atoms with Crippen molar-refractivity contribution in [3.05, 3.63) is 23.8 Å². The Balaban J connectivity index is 2.86. The number of nitrogens with two attached hydrogens (primary N) is 1. The predicted octanol–water partition coefficient (Wildman–Crippen LogP) is 2.48. The normalized spacial score (nSPS) is 13.2. The number of benzene rings is 1. The number of ether oxygens (including phenoxy) is 2. The predicted molar refractivity (Wildman–Crippen MR) is 78.8 cm³/mol.